The van der Waals surface area contributed by atoms with Crippen molar-refractivity contribution in [1.82, 2.24) is 9.88 Å². The molecule has 3 heteroatoms. The highest BCUT2D eigenvalue weighted by molar-refractivity contribution is 5.08. The summed E-state index contributed by atoms with van der Waals surface area (Å²) in [6.07, 6.45) is 6.00. The van der Waals surface area contributed by atoms with Crippen molar-refractivity contribution in [2.75, 3.05) is 26.2 Å². The molecule has 0 amide bonds. The molecule has 1 aromatic rings. The zero-order valence-corrected chi connectivity index (χ0v) is 9.52. The standard InChI is InChI=1S/C12H21N3/c1-2-8-15(10-6-13)9-5-12-4-3-7-14-11-12/h3-4,7,11H,2,5-6,8-10,13H2,1H3. The summed E-state index contributed by atoms with van der Waals surface area (Å²) in [6, 6.07) is 4.11. The van der Waals surface area contributed by atoms with Gasteiger partial charge in [-0.25, -0.2) is 0 Å². The number of hydrogen-bond donors (Lipinski definition) is 1. The number of rotatable bonds is 7. The second kappa shape index (κ2) is 7.37. The highest BCUT2D eigenvalue weighted by Gasteiger charge is 2.02. The first-order chi connectivity index (χ1) is 7.36. The first-order valence-corrected chi connectivity index (χ1v) is 5.68. The molecule has 1 aromatic heterocycles. The van der Waals surface area contributed by atoms with E-state index in [1.807, 2.05) is 18.5 Å². The van der Waals surface area contributed by atoms with Crippen molar-refractivity contribution in [2.24, 2.45) is 5.73 Å². The van der Waals surface area contributed by atoms with Gasteiger partial charge in [0.2, 0.25) is 0 Å². The fourth-order valence-corrected chi connectivity index (χ4v) is 1.67. The van der Waals surface area contributed by atoms with Crippen LogP contribution in [0.15, 0.2) is 24.5 Å². The van der Waals surface area contributed by atoms with E-state index in [0.29, 0.717) is 0 Å². The van der Waals surface area contributed by atoms with Gasteiger partial charge in [-0.15, -0.1) is 0 Å². The molecule has 15 heavy (non-hydrogen) atoms. The fraction of sp³-hybridized carbons (Fsp3) is 0.583. The first kappa shape index (κ1) is 12.1. The van der Waals surface area contributed by atoms with Crippen LogP contribution in [0.25, 0.3) is 0 Å². The molecule has 0 atom stereocenters. The summed E-state index contributed by atoms with van der Waals surface area (Å²) in [4.78, 5) is 6.52. The van der Waals surface area contributed by atoms with E-state index < -0.39 is 0 Å². The molecule has 0 spiro atoms. The summed E-state index contributed by atoms with van der Waals surface area (Å²) >= 11 is 0. The van der Waals surface area contributed by atoms with Gasteiger partial charge in [0.15, 0.2) is 0 Å². The minimum Gasteiger partial charge on any atom is -0.329 e. The Morgan fingerprint density at radius 1 is 1.33 bits per heavy atom. The maximum atomic E-state index is 5.57. The Morgan fingerprint density at radius 2 is 2.20 bits per heavy atom. The predicted molar refractivity (Wildman–Crippen MR) is 63.7 cm³/mol. The number of pyridine rings is 1. The molecule has 0 bridgehead atoms. The summed E-state index contributed by atoms with van der Waals surface area (Å²) in [7, 11) is 0. The Bertz CT molecular complexity index is 242. The molecule has 0 radical (unpaired) electrons. The van der Waals surface area contributed by atoms with Crippen LogP contribution < -0.4 is 5.73 Å². The zero-order valence-electron chi connectivity index (χ0n) is 9.52. The average molecular weight is 207 g/mol. The first-order valence-electron chi connectivity index (χ1n) is 5.68. The highest BCUT2D eigenvalue weighted by atomic mass is 15.1. The smallest absolute Gasteiger partial charge is 0.0300 e. The molecule has 3 nitrogen and oxygen atoms in total. The van der Waals surface area contributed by atoms with Crippen LogP contribution in [0, 0.1) is 0 Å². The van der Waals surface area contributed by atoms with Crippen LogP contribution in [-0.4, -0.2) is 36.1 Å². The number of hydrogen-bond acceptors (Lipinski definition) is 3. The third-order valence-electron chi connectivity index (χ3n) is 2.42. The number of nitrogens with zero attached hydrogens (tertiary/aromatic N) is 2. The lowest BCUT2D eigenvalue weighted by Gasteiger charge is -2.20. The van der Waals surface area contributed by atoms with Gasteiger partial charge in [-0.2, -0.15) is 0 Å². The Kier molecular flexibility index (Phi) is 5.97. The van der Waals surface area contributed by atoms with Gasteiger partial charge in [0, 0.05) is 32.0 Å². The van der Waals surface area contributed by atoms with Gasteiger partial charge in [-0.05, 0) is 31.0 Å². The molecule has 84 valence electrons. The van der Waals surface area contributed by atoms with Crippen molar-refractivity contribution >= 4 is 0 Å². The molecule has 0 saturated heterocycles. The second-order valence-corrected chi connectivity index (χ2v) is 3.74. The molecule has 0 unspecified atom stereocenters. The molecule has 0 aromatic carbocycles. The summed E-state index contributed by atoms with van der Waals surface area (Å²) in [5, 5.41) is 0. The SMILES string of the molecule is CCCN(CCN)CCc1cccnc1. The van der Waals surface area contributed by atoms with Crippen LogP contribution in [-0.2, 0) is 6.42 Å². The third-order valence-corrected chi connectivity index (χ3v) is 2.42. The number of aromatic nitrogens is 1. The predicted octanol–water partition coefficient (Wildman–Crippen LogP) is 1.29. The van der Waals surface area contributed by atoms with Crippen LogP contribution in [0.4, 0.5) is 0 Å². The van der Waals surface area contributed by atoms with Crippen LogP contribution in [0.3, 0.4) is 0 Å². The fourth-order valence-electron chi connectivity index (χ4n) is 1.67. The molecule has 0 aliphatic rings. The lowest BCUT2D eigenvalue weighted by molar-refractivity contribution is 0.285. The molecule has 1 heterocycles. The van der Waals surface area contributed by atoms with E-state index in [1.54, 1.807) is 0 Å². The Labute approximate surface area is 92.3 Å². The Morgan fingerprint density at radius 3 is 2.80 bits per heavy atom. The van der Waals surface area contributed by atoms with E-state index in [-0.39, 0.29) is 0 Å². The molecular weight excluding hydrogens is 186 g/mol. The van der Waals surface area contributed by atoms with E-state index >= 15 is 0 Å². The molecule has 0 saturated carbocycles. The van der Waals surface area contributed by atoms with Crippen molar-refractivity contribution in [3.05, 3.63) is 30.1 Å². The van der Waals surface area contributed by atoms with Gasteiger partial charge >= 0.3 is 0 Å². The minimum atomic E-state index is 0.743. The normalized spacial score (nSPS) is 10.9. The van der Waals surface area contributed by atoms with E-state index in [4.69, 9.17) is 5.73 Å². The summed E-state index contributed by atoms with van der Waals surface area (Å²) in [6.45, 7) is 6.16. The van der Waals surface area contributed by atoms with Gasteiger partial charge in [0.1, 0.15) is 0 Å². The second-order valence-electron chi connectivity index (χ2n) is 3.74. The van der Waals surface area contributed by atoms with Gasteiger partial charge in [-0.1, -0.05) is 13.0 Å². The molecular formula is C12H21N3. The van der Waals surface area contributed by atoms with Crippen LogP contribution in [0.5, 0.6) is 0 Å². The number of nitrogens with two attached hydrogens (primary N) is 1. The topological polar surface area (TPSA) is 42.1 Å². The van der Waals surface area contributed by atoms with Gasteiger partial charge in [-0.3, -0.25) is 4.98 Å². The molecule has 0 fully saturated rings. The lowest BCUT2D eigenvalue weighted by Crippen LogP contribution is -2.32. The van der Waals surface area contributed by atoms with E-state index in [1.165, 1.54) is 12.0 Å². The van der Waals surface area contributed by atoms with Crippen molar-refractivity contribution < 1.29 is 0 Å². The van der Waals surface area contributed by atoms with Gasteiger partial charge < -0.3 is 10.6 Å². The van der Waals surface area contributed by atoms with E-state index in [2.05, 4.69) is 22.9 Å². The van der Waals surface area contributed by atoms with Crippen LogP contribution in [0.1, 0.15) is 18.9 Å². The van der Waals surface area contributed by atoms with Crippen molar-refractivity contribution in [1.29, 1.82) is 0 Å². The lowest BCUT2D eigenvalue weighted by atomic mass is 10.2. The minimum absolute atomic E-state index is 0.743. The van der Waals surface area contributed by atoms with Crippen LogP contribution >= 0.6 is 0 Å². The monoisotopic (exact) mass is 207 g/mol. The summed E-state index contributed by atoms with van der Waals surface area (Å²) < 4.78 is 0. The largest absolute Gasteiger partial charge is 0.329 e. The van der Waals surface area contributed by atoms with Crippen molar-refractivity contribution in [3.8, 4) is 0 Å². The quantitative estimate of drug-likeness (QED) is 0.732. The Balaban J connectivity index is 2.33. The highest BCUT2D eigenvalue weighted by Crippen LogP contribution is 2.00. The van der Waals surface area contributed by atoms with Crippen LogP contribution in [0.2, 0.25) is 0 Å². The zero-order chi connectivity index (χ0) is 10.9. The molecule has 0 aliphatic carbocycles. The molecule has 1 rings (SSSR count). The molecule has 0 aliphatic heterocycles. The van der Waals surface area contributed by atoms with E-state index in [0.717, 1.165) is 32.6 Å². The molecule has 2 N–H and O–H groups in total. The third kappa shape index (κ3) is 4.91. The maximum absolute atomic E-state index is 5.57. The van der Waals surface area contributed by atoms with Gasteiger partial charge in [0.25, 0.3) is 0 Å². The van der Waals surface area contributed by atoms with Gasteiger partial charge in [0.05, 0.1) is 0 Å². The summed E-state index contributed by atoms with van der Waals surface area (Å²) in [5.41, 5.74) is 6.88. The summed E-state index contributed by atoms with van der Waals surface area (Å²) in [5.74, 6) is 0. The maximum Gasteiger partial charge on any atom is 0.0300 e. The Hall–Kier alpha value is -0.930. The van der Waals surface area contributed by atoms with E-state index in [9.17, 15) is 0 Å². The van der Waals surface area contributed by atoms with Crippen molar-refractivity contribution in [2.45, 2.75) is 19.8 Å². The van der Waals surface area contributed by atoms with Crippen molar-refractivity contribution in [3.63, 3.8) is 0 Å². The average Bonchev–Trinajstić information content (AvgIpc) is 2.28.